The molecule has 1 aliphatic heterocycles. The van der Waals surface area contributed by atoms with E-state index < -0.39 is 11.4 Å². The minimum Gasteiger partial charge on any atom is -0.481 e. The van der Waals surface area contributed by atoms with Gasteiger partial charge in [0.1, 0.15) is 17.6 Å². The third-order valence-electron chi connectivity index (χ3n) is 3.05. The third-order valence-corrected chi connectivity index (χ3v) is 3.05. The van der Waals surface area contributed by atoms with E-state index in [9.17, 15) is 9.90 Å². The monoisotopic (exact) mass is 222 g/mol. The summed E-state index contributed by atoms with van der Waals surface area (Å²) in [5.41, 5.74) is 5.16. The Morgan fingerprint density at radius 3 is 2.69 bits per heavy atom. The number of anilines is 1. The van der Waals surface area contributed by atoms with Crippen LogP contribution in [0.15, 0.2) is 12.4 Å². The second-order valence-electron chi connectivity index (χ2n) is 3.97. The predicted molar refractivity (Wildman–Crippen MR) is 57.9 cm³/mol. The number of aliphatic carboxylic acids is 1. The van der Waals surface area contributed by atoms with Crippen LogP contribution >= 0.6 is 0 Å². The summed E-state index contributed by atoms with van der Waals surface area (Å²) in [6.45, 7) is 1.35. The molecule has 0 spiro atoms. The Morgan fingerprint density at radius 2 is 2.12 bits per heavy atom. The van der Waals surface area contributed by atoms with Gasteiger partial charge in [0, 0.05) is 6.07 Å². The highest BCUT2D eigenvalue weighted by molar-refractivity contribution is 5.81. The number of nitrogen functional groups attached to an aromatic ring is 1. The number of carboxylic acid groups (broad SMARTS) is 1. The highest BCUT2D eigenvalue weighted by atomic mass is 16.4. The zero-order valence-electron chi connectivity index (χ0n) is 8.81. The molecule has 0 atom stereocenters. The Hall–Kier alpha value is -1.69. The van der Waals surface area contributed by atoms with E-state index >= 15 is 0 Å². The van der Waals surface area contributed by atoms with Crippen molar-refractivity contribution in [2.75, 3.05) is 18.8 Å². The molecule has 1 saturated heterocycles. The van der Waals surface area contributed by atoms with Crippen LogP contribution in [0, 0.1) is 0 Å². The number of rotatable bonds is 2. The van der Waals surface area contributed by atoms with Crippen molar-refractivity contribution in [3.8, 4) is 0 Å². The number of nitrogens with one attached hydrogen (secondary N) is 1. The van der Waals surface area contributed by atoms with Gasteiger partial charge < -0.3 is 16.2 Å². The summed E-state index contributed by atoms with van der Waals surface area (Å²) in [6.07, 6.45) is 2.37. The van der Waals surface area contributed by atoms with Crippen molar-refractivity contribution >= 4 is 11.8 Å². The van der Waals surface area contributed by atoms with Gasteiger partial charge in [0.15, 0.2) is 0 Å². The average Bonchev–Trinajstić information content (AvgIpc) is 2.30. The standard InChI is InChI=1S/C10H14N4O2/c11-8-5-7(13-6-14-8)10(9(15)16)1-3-12-4-2-10/h5-6,12H,1-4H2,(H,15,16)(H2,11,13,14). The predicted octanol–water partition coefficient (Wildman–Crippen LogP) is -0.235. The Kier molecular flexibility index (Phi) is 2.74. The van der Waals surface area contributed by atoms with Crippen molar-refractivity contribution in [1.29, 1.82) is 0 Å². The second kappa shape index (κ2) is 4.05. The first kappa shape index (κ1) is 10.8. The Bertz CT molecular complexity index is 402. The van der Waals surface area contributed by atoms with Gasteiger partial charge in [-0.1, -0.05) is 0 Å². The fourth-order valence-electron chi connectivity index (χ4n) is 2.07. The van der Waals surface area contributed by atoms with Crippen LogP contribution < -0.4 is 11.1 Å². The normalized spacial score (nSPS) is 19.2. The molecule has 1 aromatic rings. The number of carboxylic acids is 1. The molecule has 4 N–H and O–H groups in total. The number of nitrogens with zero attached hydrogens (tertiary/aromatic N) is 2. The maximum absolute atomic E-state index is 11.5. The molecule has 1 aliphatic rings. The summed E-state index contributed by atoms with van der Waals surface area (Å²) in [5, 5.41) is 12.5. The molecule has 0 unspecified atom stereocenters. The molecule has 0 aliphatic carbocycles. The van der Waals surface area contributed by atoms with Gasteiger partial charge in [-0.15, -0.1) is 0 Å². The van der Waals surface area contributed by atoms with Crippen molar-refractivity contribution in [3.05, 3.63) is 18.1 Å². The van der Waals surface area contributed by atoms with Gasteiger partial charge in [0.05, 0.1) is 5.69 Å². The molecule has 2 rings (SSSR count). The van der Waals surface area contributed by atoms with Gasteiger partial charge in [-0.2, -0.15) is 0 Å². The first-order valence-electron chi connectivity index (χ1n) is 5.17. The molecule has 6 heteroatoms. The van der Waals surface area contributed by atoms with E-state index in [-0.39, 0.29) is 0 Å². The van der Waals surface area contributed by atoms with Crippen LogP contribution in [0.5, 0.6) is 0 Å². The highest BCUT2D eigenvalue weighted by Crippen LogP contribution is 2.32. The van der Waals surface area contributed by atoms with Crippen LogP contribution in [0.25, 0.3) is 0 Å². The zero-order chi connectivity index (χ0) is 11.6. The summed E-state index contributed by atoms with van der Waals surface area (Å²) in [4.78, 5) is 19.3. The minimum absolute atomic E-state index is 0.309. The van der Waals surface area contributed by atoms with E-state index in [2.05, 4.69) is 15.3 Å². The molecular weight excluding hydrogens is 208 g/mol. The first-order chi connectivity index (χ1) is 7.65. The SMILES string of the molecule is Nc1cc(C2(C(=O)O)CCNCC2)ncn1. The highest BCUT2D eigenvalue weighted by Gasteiger charge is 2.42. The van der Waals surface area contributed by atoms with Gasteiger partial charge in [-0.3, -0.25) is 4.79 Å². The van der Waals surface area contributed by atoms with Crippen LogP contribution in [0.3, 0.4) is 0 Å². The van der Waals surface area contributed by atoms with E-state index in [0.29, 0.717) is 37.4 Å². The molecular formula is C10H14N4O2. The molecule has 0 radical (unpaired) electrons. The van der Waals surface area contributed by atoms with Crippen molar-refractivity contribution < 1.29 is 9.90 Å². The largest absolute Gasteiger partial charge is 0.481 e. The molecule has 1 aromatic heterocycles. The first-order valence-corrected chi connectivity index (χ1v) is 5.17. The number of carbonyl (C=O) groups is 1. The van der Waals surface area contributed by atoms with E-state index in [1.807, 2.05) is 0 Å². The number of hydrogen-bond donors (Lipinski definition) is 3. The van der Waals surface area contributed by atoms with E-state index in [4.69, 9.17) is 5.73 Å². The third kappa shape index (κ3) is 1.71. The maximum atomic E-state index is 11.5. The Labute approximate surface area is 92.9 Å². The van der Waals surface area contributed by atoms with Gasteiger partial charge in [-0.05, 0) is 25.9 Å². The molecule has 86 valence electrons. The number of nitrogens with two attached hydrogens (primary N) is 1. The molecule has 0 bridgehead atoms. The van der Waals surface area contributed by atoms with Gasteiger partial charge >= 0.3 is 5.97 Å². The van der Waals surface area contributed by atoms with Crippen molar-refractivity contribution in [3.63, 3.8) is 0 Å². The molecule has 0 amide bonds. The molecule has 0 aromatic carbocycles. The number of piperidine rings is 1. The average molecular weight is 222 g/mol. The van der Waals surface area contributed by atoms with Crippen LogP contribution in [0.1, 0.15) is 18.5 Å². The quantitative estimate of drug-likeness (QED) is 0.638. The Balaban J connectivity index is 2.42. The molecule has 6 nitrogen and oxygen atoms in total. The smallest absolute Gasteiger partial charge is 0.315 e. The van der Waals surface area contributed by atoms with Crippen LogP contribution in [-0.4, -0.2) is 34.1 Å². The van der Waals surface area contributed by atoms with Gasteiger partial charge in [0.25, 0.3) is 0 Å². The molecule has 16 heavy (non-hydrogen) atoms. The lowest BCUT2D eigenvalue weighted by Crippen LogP contribution is -2.46. The van der Waals surface area contributed by atoms with Crippen molar-refractivity contribution in [1.82, 2.24) is 15.3 Å². The molecule has 2 heterocycles. The molecule has 0 saturated carbocycles. The summed E-state index contributed by atoms with van der Waals surface area (Å²) in [5.74, 6) is -0.531. The lowest BCUT2D eigenvalue weighted by molar-refractivity contribution is -0.145. The lowest BCUT2D eigenvalue weighted by Gasteiger charge is -2.32. The number of hydrogen-bond acceptors (Lipinski definition) is 5. The second-order valence-corrected chi connectivity index (χ2v) is 3.97. The number of aromatic nitrogens is 2. The van der Waals surface area contributed by atoms with Crippen LogP contribution in [0.4, 0.5) is 5.82 Å². The summed E-state index contributed by atoms with van der Waals surface area (Å²) in [7, 11) is 0. The molecule has 1 fully saturated rings. The lowest BCUT2D eigenvalue weighted by atomic mass is 9.76. The zero-order valence-corrected chi connectivity index (χ0v) is 8.81. The van der Waals surface area contributed by atoms with Crippen molar-refractivity contribution in [2.24, 2.45) is 0 Å². The van der Waals surface area contributed by atoms with E-state index in [0.717, 1.165) is 0 Å². The minimum atomic E-state index is -0.914. The van der Waals surface area contributed by atoms with E-state index in [1.54, 1.807) is 6.07 Å². The van der Waals surface area contributed by atoms with Crippen molar-refractivity contribution in [2.45, 2.75) is 18.3 Å². The van der Waals surface area contributed by atoms with Crippen LogP contribution in [0.2, 0.25) is 0 Å². The summed E-state index contributed by atoms with van der Waals surface area (Å²) in [6, 6.07) is 1.56. The topological polar surface area (TPSA) is 101 Å². The summed E-state index contributed by atoms with van der Waals surface area (Å²) < 4.78 is 0. The van der Waals surface area contributed by atoms with Crippen LogP contribution in [-0.2, 0) is 10.2 Å². The fourth-order valence-corrected chi connectivity index (χ4v) is 2.07. The van der Waals surface area contributed by atoms with E-state index in [1.165, 1.54) is 6.33 Å². The van der Waals surface area contributed by atoms with Gasteiger partial charge in [0.2, 0.25) is 0 Å². The maximum Gasteiger partial charge on any atom is 0.315 e. The Morgan fingerprint density at radius 1 is 1.44 bits per heavy atom. The fraction of sp³-hybridized carbons (Fsp3) is 0.500. The summed E-state index contributed by atoms with van der Waals surface area (Å²) >= 11 is 0. The van der Waals surface area contributed by atoms with Gasteiger partial charge in [-0.25, -0.2) is 9.97 Å².